The van der Waals surface area contributed by atoms with Gasteiger partial charge in [0.15, 0.2) is 24.8 Å². The second kappa shape index (κ2) is 11.0. The summed E-state index contributed by atoms with van der Waals surface area (Å²) in [6, 6.07) is 26.5. The van der Waals surface area contributed by atoms with Crippen LogP contribution in [0.15, 0.2) is 97.6 Å². The van der Waals surface area contributed by atoms with Crippen molar-refractivity contribution in [3.05, 3.63) is 120 Å². The van der Waals surface area contributed by atoms with Crippen LogP contribution < -0.4 is 57.1 Å². The van der Waals surface area contributed by atoms with Crippen LogP contribution in [0.1, 0.15) is 22.3 Å². The first-order valence-corrected chi connectivity index (χ1v) is 11.6. The Morgan fingerprint density at radius 3 is 1.39 bits per heavy atom. The Bertz CT molecular complexity index is 1580. The predicted molar refractivity (Wildman–Crippen MR) is 143 cm³/mol. The first kappa shape index (κ1) is 26.2. The molecule has 0 amide bonds. The van der Waals surface area contributed by atoms with E-state index in [4.69, 9.17) is 0 Å². The molecule has 0 aliphatic heterocycles. The second-order valence-electron chi connectivity index (χ2n) is 9.00. The van der Waals surface area contributed by atoms with Gasteiger partial charge < -0.3 is 48.0 Å². The Morgan fingerprint density at radius 1 is 0.500 bits per heavy atom. The molecule has 4 heteroatoms. The lowest BCUT2D eigenvalue weighted by Gasteiger charge is -2.15. The molecule has 0 saturated heterocycles. The van der Waals surface area contributed by atoms with Gasteiger partial charge in [-0.2, -0.15) is 0 Å². The zero-order valence-corrected chi connectivity index (χ0v) is 24.5. The van der Waals surface area contributed by atoms with E-state index in [-0.39, 0.29) is 48.0 Å². The predicted octanol–water partition coefficient (Wildman–Crippen LogP) is 0.582. The molecule has 4 aromatic carbocycles. The van der Waals surface area contributed by atoms with Gasteiger partial charge in [0.05, 0.1) is 0 Å². The van der Waals surface area contributed by atoms with Crippen molar-refractivity contribution in [2.75, 3.05) is 0 Å². The minimum atomic E-state index is 0. The third-order valence-electron chi connectivity index (χ3n) is 6.63. The van der Waals surface area contributed by atoms with Crippen molar-refractivity contribution >= 4 is 56.6 Å². The summed E-state index contributed by atoms with van der Waals surface area (Å²) in [5, 5.41) is 7.86. The molecular formula is C32H26I2N2. The maximum Gasteiger partial charge on any atom is 0.169 e. The average molecular weight is 692 g/mol. The Kier molecular flexibility index (Phi) is 8.05. The molecule has 0 aliphatic carbocycles. The number of halogens is 2. The summed E-state index contributed by atoms with van der Waals surface area (Å²) < 4.78 is 4.11. The van der Waals surface area contributed by atoms with E-state index >= 15 is 0 Å². The first-order valence-electron chi connectivity index (χ1n) is 11.6. The van der Waals surface area contributed by atoms with E-state index in [0.717, 1.165) is 0 Å². The van der Waals surface area contributed by atoms with E-state index in [0.29, 0.717) is 0 Å². The molecular weight excluding hydrogens is 666 g/mol. The van der Waals surface area contributed by atoms with Gasteiger partial charge in [0.2, 0.25) is 0 Å². The van der Waals surface area contributed by atoms with Gasteiger partial charge in [-0.3, -0.25) is 0 Å². The molecule has 2 aromatic heterocycles. The lowest BCUT2D eigenvalue weighted by molar-refractivity contribution is -0.671. The van der Waals surface area contributed by atoms with Crippen LogP contribution in [0.4, 0.5) is 0 Å². The second-order valence-corrected chi connectivity index (χ2v) is 9.00. The summed E-state index contributed by atoms with van der Waals surface area (Å²) in [6.45, 7) is 0. The lowest BCUT2D eigenvalue weighted by atomic mass is 9.89. The molecule has 0 fully saturated rings. The standard InChI is InChI=1S/C32H26N2.2HI/c1-33-18-14-23(15-19-33)6-8-27-22-28(9-7-24-16-20-34(2)21-17-24)30-13-11-26-5-3-4-25-10-12-29(27)32(30)31(25)26;;/h3-22H,1-2H3;2*1H/q+2;;/p-2/b8-6+,9-7+;;. The number of benzene rings is 4. The summed E-state index contributed by atoms with van der Waals surface area (Å²) in [6.07, 6.45) is 17.2. The number of pyridine rings is 2. The van der Waals surface area contributed by atoms with Crippen LogP contribution in [-0.4, -0.2) is 0 Å². The van der Waals surface area contributed by atoms with Gasteiger partial charge in [0.1, 0.15) is 14.1 Å². The third-order valence-corrected chi connectivity index (χ3v) is 6.63. The van der Waals surface area contributed by atoms with Crippen molar-refractivity contribution in [2.24, 2.45) is 14.1 Å². The summed E-state index contributed by atoms with van der Waals surface area (Å²) in [5.41, 5.74) is 4.85. The summed E-state index contributed by atoms with van der Waals surface area (Å²) in [4.78, 5) is 0. The van der Waals surface area contributed by atoms with Gasteiger partial charge in [0.25, 0.3) is 0 Å². The number of aryl methyl sites for hydroxylation is 2. The molecule has 0 atom stereocenters. The van der Waals surface area contributed by atoms with E-state index in [1.807, 2.05) is 14.1 Å². The maximum atomic E-state index is 2.32. The van der Waals surface area contributed by atoms with Crippen LogP contribution in [0.2, 0.25) is 0 Å². The van der Waals surface area contributed by atoms with Crippen LogP contribution in [-0.2, 0) is 14.1 Å². The molecule has 0 radical (unpaired) electrons. The normalized spacial score (nSPS) is 11.5. The number of hydrogen-bond donors (Lipinski definition) is 0. The number of rotatable bonds is 4. The van der Waals surface area contributed by atoms with Gasteiger partial charge in [-0.15, -0.1) is 0 Å². The molecule has 0 N–H and O–H groups in total. The fourth-order valence-electron chi connectivity index (χ4n) is 4.78. The molecule has 2 heterocycles. The summed E-state index contributed by atoms with van der Waals surface area (Å²) in [7, 11) is 4.08. The van der Waals surface area contributed by atoms with Crippen molar-refractivity contribution in [3.8, 4) is 0 Å². The van der Waals surface area contributed by atoms with Crippen molar-refractivity contribution < 1.29 is 57.1 Å². The molecule has 0 bridgehead atoms. The van der Waals surface area contributed by atoms with Crippen LogP contribution in [0.3, 0.4) is 0 Å². The highest BCUT2D eigenvalue weighted by atomic mass is 127. The fraction of sp³-hybridized carbons (Fsp3) is 0.0625. The summed E-state index contributed by atoms with van der Waals surface area (Å²) >= 11 is 0. The Labute approximate surface area is 246 Å². The minimum Gasteiger partial charge on any atom is -1.00 e. The van der Waals surface area contributed by atoms with E-state index < -0.39 is 0 Å². The van der Waals surface area contributed by atoms with Gasteiger partial charge >= 0.3 is 0 Å². The third kappa shape index (κ3) is 5.02. The van der Waals surface area contributed by atoms with Crippen LogP contribution in [0, 0.1) is 0 Å². The highest BCUT2D eigenvalue weighted by Gasteiger charge is 2.12. The molecule has 2 nitrogen and oxygen atoms in total. The molecule has 0 aliphatic rings. The van der Waals surface area contributed by atoms with Crippen molar-refractivity contribution in [2.45, 2.75) is 0 Å². The Morgan fingerprint density at radius 2 is 0.944 bits per heavy atom. The first-order chi connectivity index (χ1) is 16.7. The van der Waals surface area contributed by atoms with Gasteiger partial charge in [-0.05, 0) is 60.6 Å². The van der Waals surface area contributed by atoms with E-state index in [1.54, 1.807) is 0 Å². The fourth-order valence-corrected chi connectivity index (χ4v) is 4.78. The molecule has 6 aromatic rings. The van der Waals surface area contributed by atoms with Crippen LogP contribution in [0.5, 0.6) is 0 Å². The SMILES string of the molecule is C[n+]1ccc(/C=C/c2cc(/C=C/c3cc[n+](C)cc3)c3ccc4cccc5ccc2c3c54)cc1.[I-].[I-]. The van der Waals surface area contributed by atoms with E-state index in [1.165, 1.54) is 54.6 Å². The number of nitrogens with zero attached hydrogens (tertiary/aromatic N) is 2. The highest BCUT2D eigenvalue weighted by Crippen LogP contribution is 2.38. The summed E-state index contributed by atoms with van der Waals surface area (Å²) in [5.74, 6) is 0. The molecule has 6 rings (SSSR count). The maximum absolute atomic E-state index is 2.32. The van der Waals surface area contributed by atoms with Gasteiger partial charge in [0, 0.05) is 24.3 Å². The van der Waals surface area contributed by atoms with Gasteiger partial charge in [-0.1, -0.05) is 66.8 Å². The molecule has 0 unspecified atom stereocenters. The molecule has 178 valence electrons. The molecule has 36 heavy (non-hydrogen) atoms. The number of hydrogen-bond acceptors (Lipinski definition) is 0. The van der Waals surface area contributed by atoms with Crippen LogP contribution in [0.25, 0.3) is 56.6 Å². The van der Waals surface area contributed by atoms with E-state index in [2.05, 4.69) is 131 Å². The minimum absolute atomic E-state index is 0. The van der Waals surface area contributed by atoms with Crippen molar-refractivity contribution in [1.82, 2.24) is 0 Å². The van der Waals surface area contributed by atoms with Crippen molar-refractivity contribution in [3.63, 3.8) is 0 Å². The Hall–Kier alpha value is -2.84. The lowest BCUT2D eigenvalue weighted by Crippen LogP contribution is -3.00. The van der Waals surface area contributed by atoms with Crippen molar-refractivity contribution in [1.29, 1.82) is 0 Å². The zero-order chi connectivity index (χ0) is 23.1. The smallest absolute Gasteiger partial charge is 0.169 e. The van der Waals surface area contributed by atoms with Crippen LogP contribution >= 0.6 is 0 Å². The molecule has 0 spiro atoms. The van der Waals surface area contributed by atoms with E-state index in [9.17, 15) is 0 Å². The number of aromatic nitrogens is 2. The van der Waals surface area contributed by atoms with Gasteiger partial charge in [-0.25, -0.2) is 9.13 Å². The topological polar surface area (TPSA) is 7.76 Å². The molecule has 0 saturated carbocycles. The quantitative estimate of drug-likeness (QED) is 0.145. The zero-order valence-electron chi connectivity index (χ0n) is 20.2. The monoisotopic (exact) mass is 692 g/mol. The average Bonchev–Trinajstić information content (AvgIpc) is 2.87. The largest absolute Gasteiger partial charge is 1.00 e. The Balaban J connectivity index is 0.00000152. The highest BCUT2D eigenvalue weighted by molar-refractivity contribution is 6.25.